The topological polar surface area (TPSA) is 125 Å². The van der Waals surface area contributed by atoms with E-state index in [1.165, 1.54) is 29.3 Å². The van der Waals surface area contributed by atoms with E-state index in [0.29, 0.717) is 17.4 Å². The fourth-order valence-corrected chi connectivity index (χ4v) is 2.41. The Morgan fingerprint density at radius 3 is 2.88 bits per heavy atom. The lowest BCUT2D eigenvalue weighted by molar-refractivity contribution is -0.142. The summed E-state index contributed by atoms with van der Waals surface area (Å²) in [6, 6.07) is 0. The van der Waals surface area contributed by atoms with Crippen LogP contribution in [0.4, 0.5) is 5.13 Å². The number of thiazole rings is 1. The number of methoxy groups -OCH3 is 1. The van der Waals surface area contributed by atoms with Crippen LogP contribution in [-0.4, -0.2) is 51.5 Å². The summed E-state index contributed by atoms with van der Waals surface area (Å²) in [6.45, 7) is 1.88. The van der Waals surface area contributed by atoms with Crippen molar-refractivity contribution in [2.45, 2.75) is 19.9 Å². The summed E-state index contributed by atoms with van der Waals surface area (Å²) in [7, 11) is 1.23. The highest BCUT2D eigenvalue weighted by molar-refractivity contribution is 7.13. The highest BCUT2D eigenvalue weighted by Gasteiger charge is 2.14. The van der Waals surface area contributed by atoms with Crippen LogP contribution in [0.15, 0.2) is 11.6 Å². The Hall–Kier alpha value is -2.82. The summed E-state index contributed by atoms with van der Waals surface area (Å²) in [4.78, 5) is 38.7. The maximum Gasteiger partial charge on any atom is 0.360 e. The predicted molar refractivity (Wildman–Crippen MR) is 82.4 cm³/mol. The van der Waals surface area contributed by atoms with Crippen LogP contribution >= 0.6 is 11.3 Å². The monoisotopic (exact) mass is 353 g/mol. The van der Waals surface area contributed by atoms with E-state index in [4.69, 9.17) is 4.74 Å². The zero-order valence-corrected chi connectivity index (χ0v) is 13.8. The van der Waals surface area contributed by atoms with Crippen LogP contribution in [0.2, 0.25) is 0 Å². The number of carbonyl (C=O) groups excluding carboxylic acids is 3. The molecule has 1 N–H and O–H groups in total. The molecule has 0 fully saturated rings. The molecule has 0 saturated heterocycles. The van der Waals surface area contributed by atoms with Crippen molar-refractivity contribution in [2.75, 3.05) is 19.0 Å². The quantitative estimate of drug-likeness (QED) is 0.703. The van der Waals surface area contributed by atoms with Gasteiger partial charge in [-0.1, -0.05) is 5.21 Å². The molecule has 2 aromatic heterocycles. The first kappa shape index (κ1) is 17.5. The predicted octanol–water partition coefficient (Wildman–Crippen LogP) is 0.265. The number of carbonyl (C=O) groups is 3. The van der Waals surface area contributed by atoms with Gasteiger partial charge in [0.2, 0.25) is 5.91 Å². The van der Waals surface area contributed by atoms with Gasteiger partial charge in [-0.15, -0.1) is 16.4 Å². The van der Waals surface area contributed by atoms with Gasteiger partial charge in [-0.25, -0.2) is 14.5 Å². The lowest BCUT2D eigenvalue weighted by atomic mass is 10.3. The molecular formula is C13H15N5O5S. The summed E-state index contributed by atoms with van der Waals surface area (Å²) in [6.07, 6.45) is 1.35. The van der Waals surface area contributed by atoms with Crippen LogP contribution in [0.3, 0.4) is 0 Å². The number of amides is 1. The second-order valence-electron chi connectivity index (χ2n) is 4.47. The number of aromatic nitrogens is 4. The number of esters is 2. The third-order valence-corrected chi connectivity index (χ3v) is 3.47. The van der Waals surface area contributed by atoms with Crippen molar-refractivity contribution in [3.63, 3.8) is 0 Å². The Kier molecular flexibility index (Phi) is 5.95. The van der Waals surface area contributed by atoms with E-state index in [1.807, 2.05) is 0 Å². The van der Waals surface area contributed by atoms with Crippen LogP contribution < -0.4 is 5.32 Å². The molecule has 0 spiro atoms. The zero-order chi connectivity index (χ0) is 17.5. The standard InChI is InChI=1S/C13H15N5O5S/c1-3-23-11(20)4-8-7-24-13(14-8)15-10(19)6-18-5-9(16-17-18)12(21)22-2/h5,7H,3-4,6H2,1-2H3,(H,14,15,19). The van der Waals surface area contributed by atoms with Crippen LogP contribution in [0.5, 0.6) is 0 Å². The molecule has 0 atom stereocenters. The Morgan fingerprint density at radius 2 is 2.17 bits per heavy atom. The average molecular weight is 353 g/mol. The normalized spacial score (nSPS) is 10.2. The molecule has 0 aromatic carbocycles. The number of hydrogen-bond donors (Lipinski definition) is 1. The first-order valence-corrected chi connectivity index (χ1v) is 7.78. The molecule has 10 nitrogen and oxygen atoms in total. The number of rotatable bonds is 7. The van der Waals surface area contributed by atoms with Crippen LogP contribution in [0.25, 0.3) is 0 Å². The number of hydrogen-bond acceptors (Lipinski definition) is 9. The average Bonchev–Trinajstić information content (AvgIpc) is 3.16. The van der Waals surface area contributed by atoms with Crippen LogP contribution in [-0.2, 0) is 32.0 Å². The highest BCUT2D eigenvalue weighted by atomic mass is 32.1. The van der Waals surface area contributed by atoms with E-state index in [1.54, 1.807) is 12.3 Å². The molecule has 0 unspecified atom stereocenters. The molecular weight excluding hydrogens is 338 g/mol. The van der Waals surface area contributed by atoms with Crippen molar-refractivity contribution in [3.8, 4) is 0 Å². The number of anilines is 1. The third kappa shape index (κ3) is 4.84. The first-order chi connectivity index (χ1) is 11.5. The molecule has 1 amide bonds. The zero-order valence-electron chi connectivity index (χ0n) is 13.0. The van der Waals surface area contributed by atoms with Gasteiger partial charge in [-0.3, -0.25) is 9.59 Å². The largest absolute Gasteiger partial charge is 0.466 e. The summed E-state index contributed by atoms with van der Waals surface area (Å²) in [5.74, 6) is -1.41. The third-order valence-electron chi connectivity index (χ3n) is 2.67. The van der Waals surface area contributed by atoms with E-state index in [9.17, 15) is 14.4 Å². The molecule has 0 aliphatic heterocycles. The smallest absolute Gasteiger partial charge is 0.360 e. The van der Waals surface area contributed by atoms with Crippen molar-refractivity contribution in [1.29, 1.82) is 0 Å². The summed E-state index contributed by atoms with van der Waals surface area (Å²) >= 11 is 1.19. The van der Waals surface area contributed by atoms with Gasteiger partial charge in [0, 0.05) is 5.38 Å². The van der Waals surface area contributed by atoms with Crippen LogP contribution in [0.1, 0.15) is 23.1 Å². The second kappa shape index (κ2) is 8.15. The minimum Gasteiger partial charge on any atom is -0.466 e. The van der Waals surface area contributed by atoms with Gasteiger partial charge in [0.25, 0.3) is 0 Å². The Morgan fingerprint density at radius 1 is 1.38 bits per heavy atom. The Balaban J connectivity index is 1.88. The van der Waals surface area contributed by atoms with Gasteiger partial charge in [-0.05, 0) is 6.92 Å². The first-order valence-electron chi connectivity index (χ1n) is 6.90. The Labute approximate surface area is 140 Å². The molecule has 0 radical (unpaired) electrons. The van der Waals surface area contributed by atoms with Crippen molar-refractivity contribution < 1.29 is 23.9 Å². The van der Waals surface area contributed by atoms with Gasteiger partial charge >= 0.3 is 11.9 Å². The van der Waals surface area contributed by atoms with Crippen molar-refractivity contribution in [3.05, 3.63) is 23.0 Å². The molecule has 0 saturated carbocycles. The second-order valence-corrected chi connectivity index (χ2v) is 5.33. The number of ether oxygens (including phenoxy) is 2. The summed E-state index contributed by atoms with van der Waals surface area (Å²) in [5.41, 5.74) is 0.527. The molecule has 0 aliphatic carbocycles. The van der Waals surface area contributed by atoms with E-state index in [-0.39, 0.29) is 24.6 Å². The van der Waals surface area contributed by atoms with Gasteiger partial charge in [0.15, 0.2) is 10.8 Å². The minimum absolute atomic E-state index is 0.0104. The molecule has 2 rings (SSSR count). The fourth-order valence-electron chi connectivity index (χ4n) is 1.69. The number of nitrogens with zero attached hydrogens (tertiary/aromatic N) is 4. The van der Waals surface area contributed by atoms with E-state index in [0.717, 1.165) is 0 Å². The molecule has 128 valence electrons. The van der Waals surface area contributed by atoms with Gasteiger partial charge in [0.1, 0.15) is 6.54 Å². The summed E-state index contributed by atoms with van der Waals surface area (Å²) in [5, 5.41) is 11.9. The lowest BCUT2D eigenvalue weighted by Gasteiger charge is -2.01. The number of nitrogens with one attached hydrogen (secondary N) is 1. The molecule has 2 aromatic rings. The van der Waals surface area contributed by atoms with Crippen LogP contribution in [0, 0.1) is 0 Å². The molecule has 0 aliphatic rings. The molecule has 24 heavy (non-hydrogen) atoms. The van der Waals surface area contributed by atoms with Gasteiger partial charge < -0.3 is 14.8 Å². The lowest BCUT2D eigenvalue weighted by Crippen LogP contribution is -2.19. The maximum atomic E-state index is 11.9. The van der Waals surface area contributed by atoms with Crippen molar-refractivity contribution in [2.24, 2.45) is 0 Å². The van der Waals surface area contributed by atoms with E-state index >= 15 is 0 Å². The van der Waals surface area contributed by atoms with Gasteiger partial charge in [0.05, 0.1) is 32.0 Å². The molecule has 0 bridgehead atoms. The maximum absolute atomic E-state index is 11.9. The Bertz CT molecular complexity index is 741. The van der Waals surface area contributed by atoms with Crippen molar-refractivity contribution >= 4 is 34.3 Å². The van der Waals surface area contributed by atoms with Gasteiger partial charge in [-0.2, -0.15) is 0 Å². The van der Waals surface area contributed by atoms with E-state index in [2.05, 4.69) is 25.3 Å². The van der Waals surface area contributed by atoms with E-state index < -0.39 is 11.9 Å². The SMILES string of the molecule is CCOC(=O)Cc1csc(NC(=O)Cn2cc(C(=O)OC)nn2)n1. The minimum atomic E-state index is -0.634. The highest BCUT2D eigenvalue weighted by Crippen LogP contribution is 2.16. The molecule has 11 heteroatoms. The summed E-state index contributed by atoms with van der Waals surface area (Å²) < 4.78 is 10.5. The fraction of sp³-hybridized carbons (Fsp3) is 0.385. The molecule has 2 heterocycles. The van der Waals surface area contributed by atoms with Crippen molar-refractivity contribution in [1.82, 2.24) is 20.0 Å².